The van der Waals surface area contributed by atoms with Crippen molar-refractivity contribution in [2.45, 2.75) is 375 Å². The topological polar surface area (TPSA) is 474 Å². The molecule has 0 aromatic carbocycles. The van der Waals surface area contributed by atoms with E-state index in [9.17, 15) is 72.2 Å². The van der Waals surface area contributed by atoms with E-state index in [1.54, 1.807) is 76.2 Å². The molecule has 8 N–H and O–H groups in total. The number of aliphatic hydroxyl groups is 5. The van der Waals surface area contributed by atoms with Crippen molar-refractivity contribution < 1.29 is 135 Å². The minimum atomic E-state index is -1.31. The maximum Gasteiger partial charge on any atom is 0.413 e. The number of hydrogen-bond acceptors (Lipinski definition) is 28. The van der Waals surface area contributed by atoms with Crippen molar-refractivity contribution in [1.29, 1.82) is 0 Å². The number of alkyl carbamates (subject to hydrolysis) is 3. The van der Waals surface area contributed by atoms with Crippen LogP contribution in [0, 0.1) is 40.9 Å². The number of rotatable bonds is 18. The van der Waals surface area contributed by atoms with Crippen molar-refractivity contribution in [3.63, 3.8) is 0 Å². The number of likely N-dealkylation sites (tertiary alicyclic amines) is 1. The van der Waals surface area contributed by atoms with Crippen molar-refractivity contribution in [2.24, 2.45) is 40.9 Å². The molecule has 0 aromatic heterocycles. The van der Waals surface area contributed by atoms with Crippen molar-refractivity contribution >= 4 is 93.3 Å². The second-order valence-electron chi connectivity index (χ2n) is 36.9. The number of carbonyl (C=O) groups is 15. The van der Waals surface area contributed by atoms with Crippen LogP contribution in [0.4, 0.5) is 24.0 Å². The summed E-state index contributed by atoms with van der Waals surface area (Å²) in [6.45, 7) is 40.6. The molecule has 9 rings (SSSR count). The summed E-state index contributed by atoms with van der Waals surface area (Å²) >= 11 is 0. The Hall–Kier alpha value is -7.27. The summed E-state index contributed by atoms with van der Waals surface area (Å²) in [4.78, 5) is 162. The molecular weight excluding hydrogens is 1540 g/mol. The van der Waals surface area contributed by atoms with Crippen LogP contribution in [0.3, 0.4) is 0 Å². The van der Waals surface area contributed by atoms with Crippen LogP contribution in [0.25, 0.3) is 0 Å². The molecule has 10 unspecified atom stereocenters. The third-order valence-corrected chi connectivity index (χ3v) is 19.0. The Bertz CT molecular complexity index is 2960. The van der Waals surface area contributed by atoms with E-state index in [1.165, 1.54) is 36.0 Å². The Kier molecular flexibility index (Phi) is 52.5. The fourth-order valence-corrected chi connectivity index (χ4v) is 11.7. The average Bonchev–Trinajstić information content (AvgIpc) is 1.46. The van der Waals surface area contributed by atoms with Gasteiger partial charge in [-0.3, -0.25) is 9.80 Å². The highest BCUT2D eigenvalue weighted by atomic mass is 16.7. The van der Waals surface area contributed by atoms with Crippen LogP contribution in [-0.2, 0) is 85.8 Å². The molecule has 6 saturated carbocycles. The first-order chi connectivity index (χ1) is 54.6. The normalized spacial score (nSPS) is 24.6. The first-order valence-electron chi connectivity index (χ1n) is 41.2. The summed E-state index contributed by atoms with van der Waals surface area (Å²) in [5.41, 5.74) is -4.50. The molecule has 5 amide bonds. The SMILES string of the molecule is CC(C)(C)OC(=O)N1C(C=O)COC1(C)C.CC(C)(C)OC(=O)NC(CC=O)C1CC1.CC(C)(C)OC(=O)NC1(C=O)CCC1.CC(C)(C)OC(=O)NCCC=O.CC1(C=O)CC1.CC1CC(C=O)CC1C.CC1CC(C=O)N(C(=O)OC(C)(C)C)C1.CC=O.O=CC1CCCCC1.O=CCC1(O)CCC1.OCC1OC(O)C(CO)OC1O. The van der Waals surface area contributed by atoms with Gasteiger partial charge in [0, 0.05) is 55.6 Å². The number of nitrogens with zero attached hydrogens (tertiary/aromatic N) is 2. The Balaban J connectivity index is 0. The van der Waals surface area contributed by atoms with Gasteiger partial charge >= 0.3 is 30.5 Å². The molecule has 118 heavy (non-hydrogen) atoms. The molecule has 3 aliphatic heterocycles. The van der Waals surface area contributed by atoms with Gasteiger partial charge in [0.15, 0.2) is 12.6 Å². The first kappa shape index (κ1) is 113. The maximum atomic E-state index is 11.9. The number of amides is 5. The number of aldehydes is 10. The summed E-state index contributed by atoms with van der Waals surface area (Å²) in [6, 6.07) is -0.919. The van der Waals surface area contributed by atoms with E-state index < -0.39 is 113 Å². The maximum absolute atomic E-state index is 11.9. The minimum absolute atomic E-state index is 0.0441. The van der Waals surface area contributed by atoms with Gasteiger partial charge in [-0.2, -0.15) is 0 Å². The molecule has 0 bridgehead atoms. The molecule has 33 nitrogen and oxygen atoms in total. The molecule has 9 aliphatic rings. The van der Waals surface area contributed by atoms with Crippen LogP contribution in [-0.4, -0.2) is 249 Å². The lowest BCUT2D eigenvalue weighted by Crippen LogP contribution is -2.55. The average molecular weight is 1690 g/mol. The lowest BCUT2D eigenvalue weighted by atomic mass is 9.78. The lowest BCUT2D eigenvalue weighted by molar-refractivity contribution is -0.338. The standard InChI is InChI=1S/C11H19NO4.2C11H19NO3.C10H17NO3.C8H15NO3.C8H14O.C7H12O.C6H12O6.C6H10O2.C5H8O.C2H4O/c1-10(2,3)16-9(14)12-8(6-13)7-15-11(12,4)5;1-8-5-9(7-13)12(6-8)10(14)15-11(2,3)4;1-11(2,3)15-10(14)12-9(6-7-13)8-4-5-8;1-9(2,3)14-8(13)11-10(7-12)5-4-6-10;1-8(2,3)12-7(11)9-5-4-6-10;1-6-3-8(5-9)4-7(6)2;8-6-7-4-2-1-3-5-7;7-1-3-5(9)12-4(2-8)6(10)11-3;7-5-4-6(8)2-1-3-6;1-5(4-6)2-3-5;1-2-3/h6,8H,7H2,1-5H3;7-9H,5-6H2,1-4H3;7-9H,4-6H2,1-3H3,(H,12,14);7H,4-6H2,1-3H3,(H,11,13);6H,4-5H2,1-3H3,(H,9,11);5-8H,3-4H2,1-2H3;6-7H,1-5H2;3-10H,1-2H2;5,8H,1-4H2;4H,2-3H2,1H3;2H,1H3. The number of carbonyl (C=O) groups excluding carboxylic acids is 15. The smallest absolute Gasteiger partial charge is 0.413 e. The van der Waals surface area contributed by atoms with Gasteiger partial charge in [0.1, 0.15) is 115 Å². The second-order valence-corrected chi connectivity index (χ2v) is 36.9. The zero-order chi connectivity index (χ0) is 91.3. The summed E-state index contributed by atoms with van der Waals surface area (Å²) in [6.07, 6.45) is 21.5. The Morgan fingerprint density at radius 1 is 0.525 bits per heavy atom. The quantitative estimate of drug-likeness (QED) is 0.0359. The van der Waals surface area contributed by atoms with Gasteiger partial charge in [-0.15, -0.1) is 0 Å². The third-order valence-electron chi connectivity index (χ3n) is 19.0. The molecular formula is C85H149N5O28. The number of nitrogens with one attached hydrogen (secondary N) is 3. The summed E-state index contributed by atoms with van der Waals surface area (Å²) in [7, 11) is 0. The molecule has 0 radical (unpaired) electrons. The second kappa shape index (κ2) is 54.9. The third kappa shape index (κ3) is 51.4. The molecule has 6 aliphatic carbocycles. The van der Waals surface area contributed by atoms with Crippen LogP contribution in [0.15, 0.2) is 0 Å². The van der Waals surface area contributed by atoms with E-state index in [0.29, 0.717) is 62.3 Å². The molecule has 0 spiro atoms. The van der Waals surface area contributed by atoms with Crippen molar-refractivity contribution in [1.82, 2.24) is 25.8 Å². The highest BCUT2D eigenvalue weighted by molar-refractivity contribution is 5.78. The zero-order valence-electron chi connectivity index (χ0n) is 74.7. The lowest BCUT2D eigenvalue weighted by Gasteiger charge is -2.37. The predicted molar refractivity (Wildman–Crippen MR) is 438 cm³/mol. The van der Waals surface area contributed by atoms with Crippen molar-refractivity contribution in [2.75, 3.05) is 32.9 Å². The van der Waals surface area contributed by atoms with E-state index in [4.69, 9.17) is 63.1 Å². The van der Waals surface area contributed by atoms with Gasteiger partial charge in [-0.1, -0.05) is 47.0 Å². The van der Waals surface area contributed by atoms with Crippen LogP contribution in [0.2, 0.25) is 0 Å². The van der Waals surface area contributed by atoms with Gasteiger partial charge in [-0.05, 0) is 245 Å². The van der Waals surface area contributed by atoms with E-state index in [1.807, 2.05) is 55.4 Å². The highest BCUT2D eigenvalue weighted by Gasteiger charge is 2.46. The highest BCUT2D eigenvalue weighted by Crippen LogP contribution is 2.42. The van der Waals surface area contributed by atoms with Crippen LogP contribution in [0.5, 0.6) is 0 Å². The van der Waals surface area contributed by atoms with Crippen LogP contribution < -0.4 is 16.0 Å². The van der Waals surface area contributed by atoms with Crippen molar-refractivity contribution in [3.8, 4) is 0 Å². The Morgan fingerprint density at radius 2 is 0.975 bits per heavy atom. The van der Waals surface area contributed by atoms with Gasteiger partial charge < -0.3 is 127 Å². The zero-order valence-corrected chi connectivity index (χ0v) is 74.7. The van der Waals surface area contributed by atoms with Gasteiger partial charge in [0.2, 0.25) is 0 Å². The summed E-state index contributed by atoms with van der Waals surface area (Å²) in [5.74, 6) is 3.13. The van der Waals surface area contributed by atoms with Crippen LogP contribution >= 0.6 is 0 Å². The predicted octanol–water partition coefficient (Wildman–Crippen LogP) is 10.7. The number of aliphatic hydroxyl groups excluding tert-OH is 4. The fourth-order valence-electron chi connectivity index (χ4n) is 11.7. The van der Waals surface area contributed by atoms with E-state index in [0.717, 1.165) is 165 Å². The van der Waals surface area contributed by atoms with E-state index >= 15 is 0 Å². The molecule has 682 valence electrons. The Morgan fingerprint density at radius 3 is 1.30 bits per heavy atom. The minimum Gasteiger partial charge on any atom is -0.444 e. The van der Waals surface area contributed by atoms with Crippen LogP contribution in [0.1, 0.15) is 287 Å². The number of ether oxygens (including phenoxy) is 8. The van der Waals surface area contributed by atoms with E-state index in [2.05, 4.69) is 29.8 Å². The first-order valence-corrected chi connectivity index (χ1v) is 41.2. The van der Waals surface area contributed by atoms with Gasteiger partial charge in [-0.25, -0.2) is 24.0 Å². The largest absolute Gasteiger partial charge is 0.444 e. The Labute approximate surface area is 700 Å². The van der Waals surface area contributed by atoms with Crippen molar-refractivity contribution in [3.05, 3.63) is 0 Å². The molecule has 3 heterocycles. The van der Waals surface area contributed by atoms with E-state index in [-0.39, 0.29) is 30.2 Å². The van der Waals surface area contributed by atoms with Gasteiger partial charge in [0.05, 0.1) is 37.0 Å². The molecule has 3 saturated heterocycles. The monoisotopic (exact) mass is 1690 g/mol. The molecule has 33 heteroatoms. The number of hydrogen-bond donors (Lipinski definition) is 8. The molecule has 0 aromatic rings. The van der Waals surface area contributed by atoms with Gasteiger partial charge in [0.25, 0.3) is 0 Å². The molecule has 9 fully saturated rings. The summed E-state index contributed by atoms with van der Waals surface area (Å²) in [5, 5.41) is 52.3. The summed E-state index contributed by atoms with van der Waals surface area (Å²) < 4.78 is 40.4. The molecule has 10 atom stereocenters. The fraction of sp³-hybridized carbons (Fsp3) is 0.824.